The van der Waals surface area contributed by atoms with Crippen LogP contribution in [0.4, 0.5) is 0 Å². The first kappa shape index (κ1) is 61.6. The Kier molecular flexibility index (Phi) is 20.1. The minimum absolute atomic E-state index is 0.00216. The van der Waals surface area contributed by atoms with Gasteiger partial charge in [0.1, 0.15) is 11.9 Å². The molecule has 2 aliphatic heterocycles. The molecule has 3 fully saturated rings. The molecule has 3 aromatic carbocycles. The SMILES string of the molecule is CC[C@@H]1Cc2cc(O)c(O[C@H]3C[C@@H](Cc4ccc[nH]4)C4=CCNC(N)=C4CSSC[C@H](CO)[C@@H]3O)cc2[C@H]2C[C@@H](O)[C@H]3[C@@H](OCCO)CCCC[C@@]4(C#C[C@H]3C=C12)C[C@H](c1ccccc1)[C@H]1Cc2ccccc2C[C@H](C2CCCCC2)C[C@@H]1[C@@H]4CO. The van der Waals surface area contributed by atoms with Gasteiger partial charge in [-0.15, -0.1) is 0 Å². The molecule has 11 nitrogen and oxygen atoms in total. The number of nitrogens with two attached hydrogens (primary N) is 1. The average Bonchev–Trinajstić information content (AvgIpc) is 1.17. The molecule has 0 amide bonds. The molecule has 0 radical (unpaired) electrons. The number of aromatic amines is 1. The van der Waals surface area contributed by atoms with Gasteiger partial charge in [0.25, 0.3) is 0 Å². The zero-order chi connectivity index (χ0) is 59.3. The molecule has 16 atom stereocenters. The number of aromatic nitrogens is 1. The van der Waals surface area contributed by atoms with Crippen molar-refractivity contribution in [2.24, 2.45) is 70.3 Å². The number of fused-ring (bicyclic) bond motifs is 7. The molecule has 1 spiro atoms. The number of hydrogen-bond donors (Lipinski definition) is 9. The van der Waals surface area contributed by atoms with Gasteiger partial charge in [0, 0.05) is 83.7 Å². The fourth-order valence-electron chi connectivity index (χ4n) is 18.0. The van der Waals surface area contributed by atoms with Gasteiger partial charge in [-0.3, -0.25) is 0 Å². The Labute approximate surface area is 519 Å². The molecule has 0 bridgehead atoms. The van der Waals surface area contributed by atoms with Crippen molar-refractivity contribution in [2.45, 2.75) is 159 Å². The molecule has 6 aliphatic carbocycles. The fraction of sp³-hybridized carbons (Fsp3) is 0.589. The summed E-state index contributed by atoms with van der Waals surface area (Å²) >= 11 is 0. The quantitative estimate of drug-likeness (QED) is 0.0371. The number of aliphatic hydroxyl groups excluding tert-OH is 5. The highest BCUT2D eigenvalue weighted by atomic mass is 33.1. The predicted molar refractivity (Wildman–Crippen MR) is 345 cm³/mol. The van der Waals surface area contributed by atoms with Crippen molar-refractivity contribution in [2.75, 3.05) is 44.5 Å². The minimum Gasteiger partial charge on any atom is -0.504 e. The maximum atomic E-state index is 13.2. The Morgan fingerprint density at radius 3 is 2.36 bits per heavy atom. The van der Waals surface area contributed by atoms with Crippen molar-refractivity contribution in [1.29, 1.82) is 0 Å². The van der Waals surface area contributed by atoms with E-state index in [-0.39, 0.29) is 91.4 Å². The number of allylic oxidation sites excluding steroid dienone is 3. The Hall–Kier alpha value is -4.62. The summed E-state index contributed by atoms with van der Waals surface area (Å²) in [5.74, 6) is 11.0. The first-order valence-electron chi connectivity index (χ1n) is 33.0. The second kappa shape index (κ2) is 28.0. The number of dihydropyridines is 1. The summed E-state index contributed by atoms with van der Waals surface area (Å²) in [6.07, 6.45) is 20.5. The van der Waals surface area contributed by atoms with Crippen LogP contribution in [0, 0.1) is 76.4 Å². The van der Waals surface area contributed by atoms with E-state index < -0.39 is 29.6 Å². The van der Waals surface area contributed by atoms with E-state index in [0.29, 0.717) is 67.3 Å². The van der Waals surface area contributed by atoms with Crippen LogP contribution in [0.3, 0.4) is 0 Å². The average molecular weight is 1210 g/mol. The normalized spacial score (nSPS) is 34.4. The third kappa shape index (κ3) is 13.0. The first-order valence-corrected chi connectivity index (χ1v) is 35.5. The second-order valence-corrected chi connectivity index (χ2v) is 29.6. The molecule has 1 saturated heterocycles. The summed E-state index contributed by atoms with van der Waals surface area (Å²) in [5.41, 5.74) is 17.1. The van der Waals surface area contributed by atoms with Crippen LogP contribution >= 0.6 is 21.6 Å². The van der Waals surface area contributed by atoms with Crippen LogP contribution < -0.4 is 15.8 Å². The number of hydrogen-bond acceptors (Lipinski definition) is 12. The number of aliphatic hydroxyl groups is 5. The lowest BCUT2D eigenvalue weighted by atomic mass is 9.49. The molecular formula is C73H95N3O8S2. The highest BCUT2D eigenvalue weighted by Gasteiger charge is 2.54. The van der Waals surface area contributed by atoms with Crippen LogP contribution in [0.1, 0.15) is 142 Å². The lowest BCUT2D eigenvalue weighted by molar-refractivity contribution is -0.0627. The molecule has 0 unspecified atom stereocenters. The fourth-order valence-corrected chi connectivity index (χ4v) is 20.6. The molecule has 3 heterocycles. The zero-order valence-electron chi connectivity index (χ0n) is 50.5. The van der Waals surface area contributed by atoms with Gasteiger partial charge in [-0.05, 0) is 170 Å². The maximum Gasteiger partial charge on any atom is 0.161 e. The van der Waals surface area contributed by atoms with Gasteiger partial charge >= 0.3 is 0 Å². The van der Waals surface area contributed by atoms with Crippen LogP contribution in [0.15, 0.2) is 120 Å². The summed E-state index contributed by atoms with van der Waals surface area (Å²) in [7, 11) is 3.28. The van der Waals surface area contributed by atoms with E-state index >= 15 is 0 Å². The zero-order valence-corrected chi connectivity index (χ0v) is 52.2. The third-order valence-corrected chi connectivity index (χ3v) is 24.8. The molecule has 4 aromatic rings. The van der Waals surface area contributed by atoms with Crippen LogP contribution in [0.5, 0.6) is 11.5 Å². The number of ether oxygens (including phenoxy) is 2. The largest absolute Gasteiger partial charge is 0.504 e. The highest BCUT2D eigenvalue weighted by Crippen LogP contribution is 2.60. The maximum absolute atomic E-state index is 13.2. The monoisotopic (exact) mass is 1210 g/mol. The van der Waals surface area contributed by atoms with E-state index in [1.54, 1.807) is 21.6 Å². The molecule has 10 N–H and O–H groups in total. The molecule has 12 rings (SSSR count). The third-order valence-electron chi connectivity index (χ3n) is 22.4. The van der Waals surface area contributed by atoms with E-state index in [1.165, 1.54) is 54.4 Å². The van der Waals surface area contributed by atoms with Crippen LogP contribution in [0.25, 0.3) is 0 Å². The Bertz CT molecular complexity index is 3080. The number of phenols is 1. The smallest absolute Gasteiger partial charge is 0.161 e. The molecular weight excluding hydrogens is 1110 g/mol. The van der Waals surface area contributed by atoms with E-state index in [4.69, 9.17) is 15.2 Å². The number of aromatic hydroxyl groups is 1. The standard InChI is InChI=1S/C73H95N3O8S2/c1-2-45-30-52-36-65(80)68(84-69-37-53(32-55-20-13-26-75-55)56-23-27-76-72(74)63(56)44-86-85-43-54(41-78)71(69)82)39-58(52)60-38-66(81)70-50(34-57(45)60)22-25-73(24-12-11-21-67(70)83-29-28-77)40-62(47-16-7-4-8-17-47)59-33-49-19-10-9-18-48(49)31-51(35-61(59)64(73)42-79)46-14-5-3-6-15-46/h4,7-10,13,16-20,23,26,34,36,39,45-46,50-51,53-54,59-62,64,66-67,69-71,75-82H,2-3,5-6,11-12,14-15,21,24,27-33,35,37-38,40-44,74H2,1H3/t45-,50+,51+,53-,54+,59+,60+,61+,62-,64+,66-,67+,69+,70+,71+,73-/m1/s1. The number of nitrogens with one attached hydrogen (secondary N) is 2. The lowest BCUT2D eigenvalue weighted by Gasteiger charge is -2.55. The molecule has 2 saturated carbocycles. The second-order valence-electron chi connectivity index (χ2n) is 27.1. The lowest BCUT2D eigenvalue weighted by Crippen LogP contribution is -2.50. The molecule has 13 heteroatoms. The van der Waals surface area contributed by atoms with Crippen molar-refractivity contribution >= 4 is 21.6 Å². The Balaban J connectivity index is 0.941. The van der Waals surface area contributed by atoms with Crippen molar-refractivity contribution in [1.82, 2.24) is 10.3 Å². The highest BCUT2D eigenvalue weighted by molar-refractivity contribution is 8.76. The minimum atomic E-state index is -1.06. The van der Waals surface area contributed by atoms with Gasteiger partial charge in [0.15, 0.2) is 11.5 Å². The topological polar surface area (TPSA) is 194 Å². The van der Waals surface area contributed by atoms with Gasteiger partial charge < -0.3 is 56.1 Å². The Morgan fingerprint density at radius 1 is 0.791 bits per heavy atom. The van der Waals surface area contributed by atoms with Crippen LogP contribution in [-0.4, -0.2) is 105 Å². The van der Waals surface area contributed by atoms with Crippen molar-refractivity contribution in [3.63, 3.8) is 0 Å². The number of H-pyrrole nitrogens is 1. The van der Waals surface area contributed by atoms with E-state index in [1.807, 2.05) is 24.4 Å². The van der Waals surface area contributed by atoms with Gasteiger partial charge in [0.2, 0.25) is 0 Å². The van der Waals surface area contributed by atoms with Gasteiger partial charge in [-0.1, -0.05) is 158 Å². The predicted octanol–water partition coefficient (Wildman–Crippen LogP) is 11.7. The van der Waals surface area contributed by atoms with E-state index in [9.17, 15) is 30.6 Å². The summed E-state index contributed by atoms with van der Waals surface area (Å²) in [6, 6.07) is 28.4. The molecule has 86 heavy (non-hydrogen) atoms. The van der Waals surface area contributed by atoms with Crippen LogP contribution in [-0.2, 0) is 30.4 Å². The van der Waals surface area contributed by atoms with E-state index in [0.717, 1.165) is 85.8 Å². The van der Waals surface area contributed by atoms with Gasteiger partial charge in [-0.25, -0.2) is 0 Å². The molecule has 462 valence electrons. The van der Waals surface area contributed by atoms with Gasteiger partial charge in [-0.2, -0.15) is 0 Å². The van der Waals surface area contributed by atoms with Crippen molar-refractivity contribution in [3.05, 3.63) is 153 Å². The first-order chi connectivity index (χ1) is 42.1. The van der Waals surface area contributed by atoms with Crippen molar-refractivity contribution < 1.29 is 40.1 Å². The number of phenolic OH excluding ortho intramolecular Hbond substituents is 1. The summed E-state index contributed by atoms with van der Waals surface area (Å²) in [6.45, 7) is 2.74. The van der Waals surface area contributed by atoms with Crippen molar-refractivity contribution in [3.8, 4) is 23.3 Å². The summed E-state index contributed by atoms with van der Waals surface area (Å²) in [5, 5.41) is 74.6. The summed E-state index contributed by atoms with van der Waals surface area (Å²) < 4.78 is 13.8. The van der Waals surface area contributed by atoms with E-state index in [2.05, 4.69) is 102 Å². The number of rotatable bonds is 12. The molecule has 1 aromatic heterocycles. The van der Waals surface area contributed by atoms with Crippen LogP contribution in [0.2, 0.25) is 0 Å². The molecule has 8 aliphatic rings. The van der Waals surface area contributed by atoms with Gasteiger partial charge in [0.05, 0.1) is 31.5 Å². The Morgan fingerprint density at radius 2 is 1.59 bits per heavy atom. The summed E-state index contributed by atoms with van der Waals surface area (Å²) in [4.78, 5) is 3.40. The number of benzene rings is 3.